The molecular formula is C35H42N5O3Y-. The molecule has 1 heterocycles. The van der Waals surface area contributed by atoms with Crippen molar-refractivity contribution < 1.29 is 46.9 Å². The van der Waals surface area contributed by atoms with Crippen molar-refractivity contribution in [2.45, 2.75) is 45.4 Å². The van der Waals surface area contributed by atoms with Crippen LogP contribution in [0.4, 0.5) is 0 Å². The predicted molar refractivity (Wildman–Crippen MR) is 173 cm³/mol. The van der Waals surface area contributed by atoms with Gasteiger partial charge in [0.25, 0.3) is 0 Å². The van der Waals surface area contributed by atoms with Crippen LogP contribution >= 0.6 is 0 Å². The molecule has 0 amide bonds. The fraction of sp³-hybridized carbons (Fsp3) is 0.286. The number of hydrogen-bond donors (Lipinski definition) is 3. The van der Waals surface area contributed by atoms with Gasteiger partial charge in [0, 0.05) is 92.4 Å². The summed E-state index contributed by atoms with van der Waals surface area (Å²) in [7, 11) is 4.96. The van der Waals surface area contributed by atoms with Gasteiger partial charge in [0.1, 0.15) is 17.3 Å². The van der Waals surface area contributed by atoms with E-state index < -0.39 is 0 Å². The molecule has 0 spiro atoms. The van der Waals surface area contributed by atoms with Crippen molar-refractivity contribution in [1.82, 2.24) is 9.88 Å². The SMILES string of the molecule is COc1ccc(CN(Cc2ccccc2)C(=N)C2=C(N)[C@@H](OC)CCC2)c(OC)c1.Cc1cc2c(C#N)cccc2[nH]1.[CH3-].[Y]. The first kappa shape index (κ1) is 36.6. The van der Waals surface area contributed by atoms with Gasteiger partial charge in [0.15, 0.2) is 0 Å². The summed E-state index contributed by atoms with van der Waals surface area (Å²) in [6.07, 6.45) is 2.52. The number of benzene rings is 3. The molecule has 0 fully saturated rings. The second-order valence-electron chi connectivity index (χ2n) is 10.2. The number of hydrogen-bond acceptors (Lipinski definition) is 6. The standard InChI is InChI=1S/C24H31N3O3.C10H8N2.CH3.Y/c1-28-19-13-12-18(22(14-19)30-3)16-27(15-17-8-5-4-6-9-17)24(26)20-10-7-11-21(29-2)23(20)25;1-7-5-9-8(6-11)3-2-4-10(9)12-7;;/h4-6,8-9,12-14,21,26H,7,10-11,15-16,25H2,1-3H3;2-5,12H,1H3;1H3;/q;;-1;/t21-;;;/m0.../s1. The largest absolute Gasteiger partial charge is 0.497 e. The molecule has 44 heavy (non-hydrogen) atoms. The Morgan fingerprint density at radius 1 is 1.02 bits per heavy atom. The Labute approximate surface area is 286 Å². The Balaban J connectivity index is 0.000000404. The third-order valence-electron chi connectivity index (χ3n) is 7.47. The van der Waals surface area contributed by atoms with Crippen molar-refractivity contribution in [3.63, 3.8) is 0 Å². The maximum absolute atomic E-state index is 9.01. The van der Waals surface area contributed by atoms with E-state index in [9.17, 15) is 0 Å². The quantitative estimate of drug-likeness (QED) is 0.107. The van der Waals surface area contributed by atoms with Crippen LogP contribution < -0.4 is 15.2 Å². The van der Waals surface area contributed by atoms with E-state index in [4.69, 9.17) is 30.6 Å². The number of methoxy groups -OCH3 is 3. The van der Waals surface area contributed by atoms with Gasteiger partial charge in [0.2, 0.25) is 0 Å². The van der Waals surface area contributed by atoms with Crippen molar-refractivity contribution in [2.75, 3.05) is 21.3 Å². The number of aromatic amines is 1. The van der Waals surface area contributed by atoms with Crippen LogP contribution in [0.5, 0.6) is 11.5 Å². The zero-order valence-electron chi connectivity index (χ0n) is 26.3. The Kier molecular flexibility index (Phi) is 14.6. The predicted octanol–water partition coefficient (Wildman–Crippen LogP) is 6.89. The Morgan fingerprint density at radius 3 is 2.43 bits per heavy atom. The second-order valence-corrected chi connectivity index (χ2v) is 10.2. The van der Waals surface area contributed by atoms with Crippen LogP contribution in [0.3, 0.4) is 0 Å². The van der Waals surface area contributed by atoms with Crippen molar-refractivity contribution in [2.24, 2.45) is 5.73 Å². The van der Waals surface area contributed by atoms with Crippen LogP contribution in [0, 0.1) is 31.1 Å². The molecule has 0 saturated carbocycles. The zero-order valence-corrected chi connectivity index (χ0v) is 29.2. The fourth-order valence-electron chi connectivity index (χ4n) is 5.25. The third kappa shape index (κ3) is 8.95. The van der Waals surface area contributed by atoms with E-state index in [-0.39, 0.29) is 46.2 Å². The maximum Gasteiger partial charge on any atom is 0.127 e. The Morgan fingerprint density at radius 2 is 1.77 bits per heavy atom. The molecule has 5 rings (SSSR count). The molecule has 3 aromatic carbocycles. The summed E-state index contributed by atoms with van der Waals surface area (Å²) in [5.74, 6) is 1.92. The second kappa shape index (κ2) is 17.6. The zero-order chi connectivity index (χ0) is 30.1. The Bertz CT molecular complexity index is 1590. The average molecular weight is 670 g/mol. The van der Waals surface area contributed by atoms with Crippen molar-refractivity contribution >= 4 is 16.7 Å². The number of rotatable bonds is 8. The van der Waals surface area contributed by atoms with Gasteiger partial charge < -0.3 is 37.3 Å². The van der Waals surface area contributed by atoms with Gasteiger partial charge in [0.05, 0.1) is 32.0 Å². The molecule has 0 unspecified atom stereocenters. The van der Waals surface area contributed by atoms with Crippen LogP contribution in [0.15, 0.2) is 84.1 Å². The summed E-state index contributed by atoms with van der Waals surface area (Å²) >= 11 is 0. The maximum atomic E-state index is 9.01. The molecular weight excluding hydrogens is 627 g/mol. The smallest absolute Gasteiger partial charge is 0.127 e. The van der Waals surface area contributed by atoms with Crippen molar-refractivity contribution in [3.05, 3.63) is 114 Å². The molecule has 1 aliphatic rings. The molecule has 0 aliphatic heterocycles. The van der Waals surface area contributed by atoms with Crippen LogP contribution in [0.25, 0.3) is 10.9 Å². The van der Waals surface area contributed by atoms with E-state index in [0.717, 1.165) is 69.6 Å². The van der Waals surface area contributed by atoms with Crippen molar-refractivity contribution in [1.29, 1.82) is 10.7 Å². The molecule has 4 N–H and O–H groups in total. The molecule has 9 heteroatoms. The molecule has 1 atom stereocenters. The first-order valence-electron chi connectivity index (χ1n) is 14.0. The summed E-state index contributed by atoms with van der Waals surface area (Å²) in [4.78, 5) is 5.22. The third-order valence-corrected chi connectivity index (χ3v) is 7.47. The molecule has 0 saturated heterocycles. The number of nitrogens with two attached hydrogens (primary N) is 1. The van der Waals surface area contributed by atoms with Gasteiger partial charge in [-0.05, 0) is 62.1 Å². The molecule has 1 aliphatic carbocycles. The topological polar surface area (TPSA) is 120 Å². The number of nitrogens with one attached hydrogen (secondary N) is 2. The summed E-state index contributed by atoms with van der Waals surface area (Å²) in [6, 6.07) is 25.8. The molecule has 8 nitrogen and oxygen atoms in total. The summed E-state index contributed by atoms with van der Waals surface area (Å²) in [5.41, 5.74) is 12.9. The van der Waals surface area contributed by atoms with Crippen LogP contribution in [-0.4, -0.2) is 43.2 Å². The number of H-pyrrole nitrogens is 1. The monoisotopic (exact) mass is 669 g/mol. The van der Waals surface area contributed by atoms with E-state index in [1.54, 1.807) is 21.3 Å². The van der Waals surface area contributed by atoms with E-state index >= 15 is 0 Å². The number of nitrogens with zero attached hydrogens (tertiary/aromatic N) is 2. The van der Waals surface area contributed by atoms with Gasteiger partial charge in [-0.25, -0.2) is 0 Å². The van der Waals surface area contributed by atoms with Crippen LogP contribution in [0.1, 0.15) is 41.6 Å². The number of ether oxygens (including phenoxy) is 3. The molecule has 1 radical (unpaired) electrons. The fourth-order valence-corrected chi connectivity index (χ4v) is 5.25. The summed E-state index contributed by atoms with van der Waals surface area (Å²) < 4.78 is 16.4. The molecule has 1 aromatic heterocycles. The minimum atomic E-state index is -0.122. The Hall–Kier alpha value is -3.64. The van der Waals surface area contributed by atoms with Crippen LogP contribution in [-0.2, 0) is 50.5 Å². The number of nitriles is 1. The van der Waals surface area contributed by atoms with Gasteiger partial charge in [-0.1, -0.05) is 36.4 Å². The van der Waals surface area contributed by atoms with Gasteiger partial charge in [-0.2, -0.15) is 5.26 Å². The normalized spacial score (nSPS) is 13.8. The molecule has 4 aromatic rings. The molecule has 0 bridgehead atoms. The van der Waals surface area contributed by atoms with Crippen molar-refractivity contribution in [3.8, 4) is 17.6 Å². The van der Waals surface area contributed by atoms with E-state index in [1.807, 2.05) is 72.5 Å². The number of fused-ring (bicyclic) bond motifs is 1. The average Bonchev–Trinajstić information content (AvgIpc) is 3.42. The van der Waals surface area contributed by atoms with Crippen LogP contribution in [0.2, 0.25) is 0 Å². The number of aromatic nitrogens is 1. The van der Waals surface area contributed by atoms with E-state index in [2.05, 4.69) is 23.2 Å². The molecule has 229 valence electrons. The number of amidine groups is 1. The number of aryl methyl sites for hydroxylation is 1. The first-order chi connectivity index (χ1) is 20.4. The van der Waals surface area contributed by atoms with Gasteiger partial charge >= 0.3 is 0 Å². The summed E-state index contributed by atoms with van der Waals surface area (Å²) in [6.45, 7) is 3.11. The first-order valence-corrected chi connectivity index (χ1v) is 14.0. The van der Waals surface area contributed by atoms with E-state index in [0.29, 0.717) is 24.6 Å². The van der Waals surface area contributed by atoms with Gasteiger partial charge in [-0.15, -0.1) is 0 Å². The summed E-state index contributed by atoms with van der Waals surface area (Å²) in [5, 5.41) is 18.8. The minimum absolute atomic E-state index is 0. The van der Waals surface area contributed by atoms with E-state index in [1.165, 1.54) is 0 Å². The van der Waals surface area contributed by atoms with Gasteiger partial charge in [-0.3, -0.25) is 5.41 Å². The minimum Gasteiger partial charge on any atom is -0.497 e.